The molecule has 0 fully saturated rings. The van der Waals surface area contributed by atoms with Gasteiger partial charge in [0.2, 0.25) is 11.8 Å². The summed E-state index contributed by atoms with van der Waals surface area (Å²) in [6.07, 6.45) is 1.29. The number of amides is 2. The fourth-order valence-electron chi connectivity index (χ4n) is 1.92. The lowest BCUT2D eigenvalue weighted by molar-refractivity contribution is -0.122. The molecular formula is C15H24N4O2. The molecule has 0 aliphatic carbocycles. The van der Waals surface area contributed by atoms with Crippen molar-refractivity contribution in [3.63, 3.8) is 0 Å². The monoisotopic (exact) mass is 292 g/mol. The number of anilines is 2. The number of nitrogens with zero attached hydrogens (tertiary/aromatic N) is 1. The summed E-state index contributed by atoms with van der Waals surface area (Å²) in [4.78, 5) is 25.3. The van der Waals surface area contributed by atoms with Crippen LogP contribution in [0.5, 0.6) is 0 Å². The highest BCUT2D eigenvalue weighted by Crippen LogP contribution is 2.10. The Morgan fingerprint density at radius 3 is 2.38 bits per heavy atom. The summed E-state index contributed by atoms with van der Waals surface area (Å²) < 4.78 is 0. The minimum absolute atomic E-state index is 0.0395. The molecule has 1 aromatic carbocycles. The molecule has 0 spiro atoms. The van der Waals surface area contributed by atoms with Crippen molar-refractivity contribution in [3.8, 4) is 0 Å². The number of likely N-dealkylation sites (N-methyl/N-ethyl adjacent to an activating group) is 1. The molecule has 21 heavy (non-hydrogen) atoms. The number of hydrogen-bond acceptors (Lipinski definition) is 4. The SMILES string of the molecule is CCCN(CCC(=O)Nc1ccc(N)cc1)CC(=O)NC. The molecule has 0 atom stereocenters. The van der Waals surface area contributed by atoms with Gasteiger partial charge in [0.15, 0.2) is 0 Å². The topological polar surface area (TPSA) is 87.5 Å². The molecule has 6 heteroatoms. The Morgan fingerprint density at radius 1 is 1.14 bits per heavy atom. The van der Waals surface area contributed by atoms with Crippen molar-refractivity contribution in [2.75, 3.05) is 37.7 Å². The number of nitrogens with two attached hydrogens (primary N) is 1. The van der Waals surface area contributed by atoms with Gasteiger partial charge in [-0.3, -0.25) is 14.5 Å². The molecule has 0 unspecified atom stereocenters. The Bertz CT molecular complexity index is 459. The van der Waals surface area contributed by atoms with E-state index < -0.39 is 0 Å². The van der Waals surface area contributed by atoms with Crippen molar-refractivity contribution in [2.24, 2.45) is 0 Å². The third-order valence-electron chi connectivity index (χ3n) is 3.04. The highest BCUT2D eigenvalue weighted by atomic mass is 16.2. The second-order valence-electron chi connectivity index (χ2n) is 4.87. The van der Waals surface area contributed by atoms with E-state index in [-0.39, 0.29) is 11.8 Å². The highest BCUT2D eigenvalue weighted by Gasteiger charge is 2.11. The van der Waals surface area contributed by atoms with Crippen molar-refractivity contribution in [2.45, 2.75) is 19.8 Å². The van der Waals surface area contributed by atoms with E-state index >= 15 is 0 Å². The molecule has 0 aliphatic heterocycles. The highest BCUT2D eigenvalue weighted by molar-refractivity contribution is 5.91. The first-order chi connectivity index (χ1) is 10.0. The van der Waals surface area contributed by atoms with Gasteiger partial charge in [-0.2, -0.15) is 0 Å². The summed E-state index contributed by atoms with van der Waals surface area (Å²) in [7, 11) is 1.61. The number of hydrogen-bond donors (Lipinski definition) is 3. The van der Waals surface area contributed by atoms with Gasteiger partial charge in [0.05, 0.1) is 6.54 Å². The zero-order chi connectivity index (χ0) is 15.7. The van der Waals surface area contributed by atoms with Gasteiger partial charge in [0.25, 0.3) is 0 Å². The quantitative estimate of drug-likeness (QED) is 0.625. The predicted octanol–water partition coefficient (Wildman–Crippen LogP) is 1.06. The van der Waals surface area contributed by atoms with Gasteiger partial charge in [-0.25, -0.2) is 0 Å². The minimum Gasteiger partial charge on any atom is -0.399 e. The Hall–Kier alpha value is -2.08. The van der Waals surface area contributed by atoms with Crippen LogP contribution >= 0.6 is 0 Å². The van der Waals surface area contributed by atoms with Crippen LogP contribution in [-0.4, -0.2) is 43.4 Å². The molecule has 1 aromatic rings. The molecule has 0 aromatic heterocycles. The molecule has 1 rings (SSSR count). The van der Waals surface area contributed by atoms with E-state index in [0.29, 0.717) is 25.2 Å². The maximum Gasteiger partial charge on any atom is 0.233 e. The van der Waals surface area contributed by atoms with Crippen molar-refractivity contribution in [1.82, 2.24) is 10.2 Å². The number of rotatable bonds is 8. The largest absolute Gasteiger partial charge is 0.399 e. The molecule has 0 saturated carbocycles. The zero-order valence-corrected chi connectivity index (χ0v) is 12.7. The molecule has 116 valence electrons. The molecule has 6 nitrogen and oxygen atoms in total. The predicted molar refractivity (Wildman–Crippen MR) is 84.9 cm³/mol. The van der Waals surface area contributed by atoms with Gasteiger partial charge in [0.1, 0.15) is 0 Å². The molecular weight excluding hydrogens is 268 g/mol. The van der Waals surface area contributed by atoms with Gasteiger partial charge < -0.3 is 16.4 Å². The van der Waals surface area contributed by atoms with Crippen molar-refractivity contribution < 1.29 is 9.59 Å². The summed E-state index contributed by atoms with van der Waals surface area (Å²) in [6.45, 7) is 3.72. The maximum absolute atomic E-state index is 11.9. The third-order valence-corrected chi connectivity index (χ3v) is 3.04. The van der Waals surface area contributed by atoms with Gasteiger partial charge in [-0.05, 0) is 37.2 Å². The smallest absolute Gasteiger partial charge is 0.233 e. The molecule has 0 saturated heterocycles. The standard InChI is InChI=1S/C15H24N4O2/c1-3-9-19(11-15(21)17-2)10-8-14(20)18-13-6-4-12(16)5-7-13/h4-7H,3,8-11,16H2,1-2H3,(H,17,21)(H,18,20). The maximum atomic E-state index is 11.9. The molecule has 2 amide bonds. The van der Waals surface area contributed by atoms with Gasteiger partial charge >= 0.3 is 0 Å². The second-order valence-corrected chi connectivity index (χ2v) is 4.87. The number of nitrogen functional groups attached to an aromatic ring is 1. The van der Waals surface area contributed by atoms with E-state index in [4.69, 9.17) is 5.73 Å². The van der Waals surface area contributed by atoms with Crippen LogP contribution in [0.2, 0.25) is 0 Å². The number of carbonyl (C=O) groups is 2. The normalized spacial score (nSPS) is 10.4. The van der Waals surface area contributed by atoms with Crippen LogP contribution < -0.4 is 16.4 Å². The summed E-state index contributed by atoms with van der Waals surface area (Å²) in [5.41, 5.74) is 6.98. The van der Waals surface area contributed by atoms with Gasteiger partial charge in [0, 0.05) is 31.4 Å². The first-order valence-electron chi connectivity index (χ1n) is 7.13. The molecule has 0 bridgehead atoms. The minimum atomic E-state index is -0.0715. The van der Waals surface area contributed by atoms with Crippen LogP contribution in [0, 0.1) is 0 Å². The lowest BCUT2D eigenvalue weighted by Crippen LogP contribution is -2.37. The van der Waals surface area contributed by atoms with E-state index in [9.17, 15) is 9.59 Å². The average Bonchev–Trinajstić information content (AvgIpc) is 2.47. The molecule has 0 aliphatic rings. The van der Waals surface area contributed by atoms with Crippen LogP contribution in [0.15, 0.2) is 24.3 Å². The molecule has 4 N–H and O–H groups in total. The number of carbonyl (C=O) groups excluding carboxylic acids is 2. The lowest BCUT2D eigenvalue weighted by Gasteiger charge is -2.20. The fraction of sp³-hybridized carbons (Fsp3) is 0.467. The summed E-state index contributed by atoms with van der Waals surface area (Å²) in [6, 6.07) is 7.01. The van der Waals surface area contributed by atoms with Crippen LogP contribution in [-0.2, 0) is 9.59 Å². The van der Waals surface area contributed by atoms with Crippen molar-refractivity contribution in [1.29, 1.82) is 0 Å². The van der Waals surface area contributed by atoms with Crippen molar-refractivity contribution in [3.05, 3.63) is 24.3 Å². The third kappa shape index (κ3) is 6.76. The molecule has 0 radical (unpaired) electrons. The van der Waals surface area contributed by atoms with E-state index in [1.807, 2.05) is 11.8 Å². The molecule has 0 heterocycles. The summed E-state index contributed by atoms with van der Waals surface area (Å²) >= 11 is 0. The van der Waals surface area contributed by atoms with Crippen LogP contribution in [0.25, 0.3) is 0 Å². The average molecular weight is 292 g/mol. The van der Waals surface area contributed by atoms with E-state index in [2.05, 4.69) is 10.6 Å². The second kappa shape index (κ2) is 8.97. The van der Waals surface area contributed by atoms with Crippen LogP contribution in [0.1, 0.15) is 19.8 Å². The Morgan fingerprint density at radius 2 is 1.81 bits per heavy atom. The van der Waals surface area contributed by atoms with Crippen LogP contribution in [0.4, 0.5) is 11.4 Å². The summed E-state index contributed by atoms with van der Waals surface area (Å²) in [5.74, 6) is -0.111. The summed E-state index contributed by atoms with van der Waals surface area (Å²) in [5, 5.41) is 5.41. The Balaban J connectivity index is 2.41. The van der Waals surface area contributed by atoms with Crippen molar-refractivity contribution >= 4 is 23.2 Å². The van der Waals surface area contributed by atoms with E-state index in [1.165, 1.54) is 0 Å². The van der Waals surface area contributed by atoms with E-state index in [1.54, 1.807) is 31.3 Å². The van der Waals surface area contributed by atoms with Crippen LogP contribution in [0.3, 0.4) is 0 Å². The Kier molecular flexibility index (Phi) is 7.25. The number of benzene rings is 1. The zero-order valence-electron chi connectivity index (χ0n) is 12.7. The Labute approximate surface area is 125 Å². The van der Waals surface area contributed by atoms with E-state index in [0.717, 1.165) is 18.7 Å². The van der Waals surface area contributed by atoms with Gasteiger partial charge in [-0.15, -0.1) is 0 Å². The fourth-order valence-corrected chi connectivity index (χ4v) is 1.92. The first kappa shape index (κ1) is 17.0. The van der Waals surface area contributed by atoms with Gasteiger partial charge in [-0.1, -0.05) is 6.92 Å². The first-order valence-corrected chi connectivity index (χ1v) is 7.13. The lowest BCUT2D eigenvalue weighted by atomic mass is 10.2. The number of nitrogens with one attached hydrogen (secondary N) is 2.